The Morgan fingerprint density at radius 1 is 0.590 bits per heavy atom. The number of benzene rings is 1. The Balaban J connectivity index is 1.88. The van der Waals surface area contributed by atoms with Crippen molar-refractivity contribution in [2.24, 2.45) is 0 Å². The first-order valence-electron chi connectivity index (χ1n) is 15.5. The molecule has 0 N–H and O–H groups in total. The van der Waals surface area contributed by atoms with Gasteiger partial charge in [-0.25, -0.2) is 0 Å². The van der Waals surface area contributed by atoms with Crippen molar-refractivity contribution in [2.75, 3.05) is 0 Å². The van der Waals surface area contributed by atoms with Crippen LogP contribution in [-0.2, 0) is 4.79 Å². The predicted octanol–water partition coefficient (Wildman–Crippen LogP) is 13.2. The van der Waals surface area contributed by atoms with Crippen molar-refractivity contribution in [3.63, 3.8) is 0 Å². The quantitative estimate of drug-likeness (QED) is 0.0494. The first-order valence-corrected chi connectivity index (χ1v) is 17.4. The molecule has 1 rings (SSSR count). The van der Waals surface area contributed by atoms with E-state index >= 15 is 0 Å². The maximum absolute atomic E-state index is 12.9. The third-order valence-corrected chi connectivity index (χ3v) is 8.36. The van der Waals surface area contributed by atoms with Crippen LogP contribution in [0.3, 0.4) is 0 Å². The molecule has 0 saturated heterocycles. The molecule has 2 nitrogen and oxygen atoms in total. The van der Waals surface area contributed by atoms with E-state index in [1.165, 1.54) is 116 Å². The molecule has 0 aliphatic heterocycles. The zero-order valence-electron chi connectivity index (χ0n) is 24.2. The van der Waals surface area contributed by atoms with Gasteiger partial charge in [0.15, 0.2) is 0 Å². The Morgan fingerprint density at radius 2 is 0.949 bits per heavy atom. The van der Waals surface area contributed by atoms with Crippen LogP contribution in [0.25, 0.3) is 0 Å². The number of carbonyl (C=O) groups is 1. The van der Waals surface area contributed by atoms with E-state index in [-0.39, 0.29) is 12.5 Å². The summed E-state index contributed by atoms with van der Waals surface area (Å²) in [6, 6.07) is 2.37. The van der Waals surface area contributed by atoms with Gasteiger partial charge in [-0.2, -0.15) is 0 Å². The van der Waals surface area contributed by atoms with Crippen LogP contribution in [0.15, 0.2) is 29.2 Å². The molecule has 0 saturated carbocycles. The standard InChI is InChI=1S/C31H53F5O2S/c1-2-3-4-5-6-7-8-9-10-11-12-13-14-15-16-17-18-19-20-21-22-23-27-31(37)38-29-25-24-26-30(28-29)39(32,33,34,35)36/h24-26,28H,2-23,27H2,1H3. The molecule has 39 heavy (non-hydrogen) atoms. The van der Waals surface area contributed by atoms with E-state index in [1.807, 2.05) is 0 Å². The largest absolute Gasteiger partial charge is 0.426 e. The third-order valence-electron chi connectivity index (χ3n) is 7.22. The van der Waals surface area contributed by atoms with Gasteiger partial charge in [-0.15, -0.1) is 0 Å². The fraction of sp³-hybridized carbons (Fsp3) is 0.774. The molecule has 0 fully saturated rings. The molecule has 230 valence electrons. The number of hydrogen-bond acceptors (Lipinski definition) is 2. The molecule has 0 aliphatic rings. The molecule has 1 aromatic carbocycles. The average Bonchev–Trinajstić information content (AvgIpc) is 2.86. The highest BCUT2D eigenvalue weighted by Crippen LogP contribution is 3.02. The molecule has 0 spiro atoms. The van der Waals surface area contributed by atoms with Crippen molar-refractivity contribution < 1.29 is 29.0 Å². The lowest BCUT2D eigenvalue weighted by Crippen LogP contribution is -2.09. The van der Waals surface area contributed by atoms with Gasteiger partial charge in [0.05, 0.1) is 0 Å². The number of carbonyl (C=O) groups excluding carboxylic acids is 1. The molecule has 8 heteroatoms. The Bertz CT molecular complexity index is 783. The summed E-state index contributed by atoms with van der Waals surface area (Å²) in [5.74, 6) is -1.22. The number of ether oxygens (including phenoxy) is 1. The predicted molar refractivity (Wildman–Crippen MR) is 155 cm³/mol. The summed E-state index contributed by atoms with van der Waals surface area (Å²) in [5, 5.41) is 0. The first-order chi connectivity index (χ1) is 18.4. The molecule has 0 aliphatic carbocycles. The second kappa shape index (κ2) is 18.2. The fourth-order valence-corrected chi connectivity index (χ4v) is 5.51. The van der Waals surface area contributed by atoms with Gasteiger partial charge in [-0.3, -0.25) is 4.79 Å². The van der Waals surface area contributed by atoms with E-state index in [0.717, 1.165) is 31.4 Å². The summed E-state index contributed by atoms with van der Waals surface area (Å²) in [7, 11) is -9.79. The van der Waals surface area contributed by atoms with Crippen molar-refractivity contribution in [3.8, 4) is 5.75 Å². The normalized spacial score (nSPS) is 13.7. The van der Waals surface area contributed by atoms with Gasteiger partial charge in [0.2, 0.25) is 0 Å². The van der Waals surface area contributed by atoms with Gasteiger partial charge in [-0.1, -0.05) is 167 Å². The zero-order valence-corrected chi connectivity index (χ0v) is 25.0. The number of rotatable bonds is 25. The lowest BCUT2D eigenvalue weighted by molar-refractivity contribution is -0.134. The molecule has 0 aromatic heterocycles. The second-order valence-corrected chi connectivity index (χ2v) is 13.5. The Hall–Kier alpha value is -1.31. The SMILES string of the molecule is CCCCCCCCCCCCCCCCCCCCCCCCC(=O)Oc1cccc(S(F)(F)(F)(F)F)c1. The second-order valence-electron chi connectivity index (χ2n) is 11.1. The molecule has 0 bridgehead atoms. The maximum atomic E-state index is 12.9. The number of esters is 1. The van der Waals surface area contributed by atoms with Gasteiger partial charge in [-0.05, 0) is 18.6 Å². The highest BCUT2D eigenvalue weighted by molar-refractivity contribution is 8.45. The van der Waals surface area contributed by atoms with Gasteiger partial charge in [0.1, 0.15) is 10.6 Å². The molecule has 0 amide bonds. The monoisotopic (exact) mass is 584 g/mol. The van der Waals surface area contributed by atoms with Crippen molar-refractivity contribution in [3.05, 3.63) is 24.3 Å². The lowest BCUT2D eigenvalue weighted by Gasteiger charge is -2.40. The molecular formula is C31H53F5O2S. The van der Waals surface area contributed by atoms with Gasteiger partial charge < -0.3 is 4.74 Å². The smallest absolute Gasteiger partial charge is 0.311 e. The van der Waals surface area contributed by atoms with E-state index in [4.69, 9.17) is 4.74 Å². The van der Waals surface area contributed by atoms with Gasteiger partial charge in [0, 0.05) is 12.5 Å². The van der Waals surface area contributed by atoms with Crippen LogP contribution in [0.4, 0.5) is 19.4 Å². The lowest BCUT2D eigenvalue weighted by atomic mass is 10.0. The highest BCUT2D eigenvalue weighted by atomic mass is 32.5. The van der Waals surface area contributed by atoms with E-state index < -0.39 is 26.8 Å². The number of unbranched alkanes of at least 4 members (excludes halogenated alkanes) is 21. The van der Waals surface area contributed by atoms with Crippen molar-refractivity contribution in [1.29, 1.82) is 0 Å². The number of halogens is 5. The average molecular weight is 585 g/mol. The molecule has 0 radical (unpaired) electrons. The highest BCUT2D eigenvalue weighted by Gasteiger charge is 2.65. The molecule has 1 aromatic rings. The van der Waals surface area contributed by atoms with Gasteiger partial charge >= 0.3 is 16.2 Å². The fourth-order valence-electron chi connectivity index (χ4n) is 4.84. The minimum atomic E-state index is -9.79. The van der Waals surface area contributed by atoms with Crippen LogP contribution in [0.5, 0.6) is 5.75 Å². The van der Waals surface area contributed by atoms with Crippen molar-refractivity contribution in [1.82, 2.24) is 0 Å². The van der Waals surface area contributed by atoms with E-state index in [1.54, 1.807) is 0 Å². The summed E-state index contributed by atoms with van der Waals surface area (Å²) < 4.78 is 69.3. The summed E-state index contributed by atoms with van der Waals surface area (Å²) in [4.78, 5) is 9.81. The van der Waals surface area contributed by atoms with Gasteiger partial charge in [0.25, 0.3) is 0 Å². The topological polar surface area (TPSA) is 26.3 Å². The van der Waals surface area contributed by atoms with Crippen LogP contribution >= 0.6 is 10.2 Å². The minimum absolute atomic E-state index is 0.0553. The summed E-state index contributed by atoms with van der Waals surface area (Å²) >= 11 is 0. The van der Waals surface area contributed by atoms with E-state index in [0.29, 0.717) is 12.5 Å². The third kappa shape index (κ3) is 20.3. The summed E-state index contributed by atoms with van der Waals surface area (Å²) in [5.41, 5.74) is 0. The van der Waals surface area contributed by atoms with E-state index in [9.17, 15) is 24.2 Å². The van der Waals surface area contributed by atoms with Crippen LogP contribution in [0.2, 0.25) is 0 Å². The Kier molecular flexibility index (Phi) is 16.7. The van der Waals surface area contributed by atoms with Crippen LogP contribution in [0, 0.1) is 0 Å². The minimum Gasteiger partial charge on any atom is -0.426 e. The van der Waals surface area contributed by atoms with Crippen molar-refractivity contribution >= 4 is 16.2 Å². The van der Waals surface area contributed by atoms with Crippen LogP contribution in [-0.4, -0.2) is 5.97 Å². The first kappa shape index (κ1) is 35.7. The summed E-state index contributed by atoms with van der Waals surface area (Å²) in [6.07, 6.45) is 27.9. The number of hydrogen-bond donors (Lipinski definition) is 0. The van der Waals surface area contributed by atoms with E-state index in [2.05, 4.69) is 6.92 Å². The molecule has 0 atom stereocenters. The summed E-state index contributed by atoms with van der Waals surface area (Å²) in [6.45, 7) is 2.26. The Labute approximate surface area is 234 Å². The van der Waals surface area contributed by atoms with Crippen LogP contribution < -0.4 is 4.74 Å². The molecule has 0 heterocycles. The maximum Gasteiger partial charge on any atom is 0.311 e. The van der Waals surface area contributed by atoms with Crippen molar-refractivity contribution in [2.45, 2.75) is 159 Å². The molecular weight excluding hydrogens is 531 g/mol. The van der Waals surface area contributed by atoms with Crippen LogP contribution in [0.1, 0.15) is 155 Å². The molecule has 0 unspecified atom stereocenters. The Morgan fingerprint density at radius 3 is 1.31 bits per heavy atom. The zero-order chi connectivity index (χ0) is 28.9.